The standard InChI is InChI=1S/C25H22N6O2/c1-3-16(2)18-9-12-22-21(13-18)30-25(33-22)17-7-10-19(11-8-17)28-24(32)20-5-4-6-23(29-20)31-14-26-27-15-31/h4-16H,3H2,1-2H3,(H,28,32). The van der Waals surface area contributed by atoms with Crippen LogP contribution in [-0.2, 0) is 0 Å². The molecule has 5 rings (SSSR count). The van der Waals surface area contributed by atoms with Crippen molar-refractivity contribution in [3.05, 3.63) is 84.6 Å². The Bertz CT molecular complexity index is 1410. The maximum absolute atomic E-state index is 12.7. The molecule has 3 aromatic heterocycles. The van der Waals surface area contributed by atoms with Crippen molar-refractivity contribution in [1.29, 1.82) is 0 Å². The molecule has 0 spiro atoms. The number of carbonyl (C=O) groups excluding carboxylic acids is 1. The predicted octanol–water partition coefficient (Wildman–Crippen LogP) is 5.24. The topological polar surface area (TPSA) is 98.7 Å². The summed E-state index contributed by atoms with van der Waals surface area (Å²) in [6, 6.07) is 18.7. The Balaban J connectivity index is 1.33. The molecule has 3 heterocycles. The number of hydrogen-bond donors (Lipinski definition) is 1. The van der Waals surface area contributed by atoms with Gasteiger partial charge in [0.1, 0.15) is 29.7 Å². The van der Waals surface area contributed by atoms with E-state index in [0.717, 1.165) is 23.1 Å². The minimum Gasteiger partial charge on any atom is -0.436 e. The number of nitrogens with one attached hydrogen (secondary N) is 1. The Labute approximate surface area is 190 Å². The van der Waals surface area contributed by atoms with E-state index in [1.54, 1.807) is 22.8 Å². The fourth-order valence-corrected chi connectivity index (χ4v) is 3.51. The van der Waals surface area contributed by atoms with Crippen molar-refractivity contribution in [2.75, 3.05) is 5.32 Å². The van der Waals surface area contributed by atoms with Crippen molar-refractivity contribution in [3.63, 3.8) is 0 Å². The van der Waals surface area contributed by atoms with Gasteiger partial charge in [-0.25, -0.2) is 9.97 Å². The number of amides is 1. The number of hydrogen-bond acceptors (Lipinski definition) is 6. The second-order valence-electron chi connectivity index (χ2n) is 7.84. The molecule has 2 aromatic carbocycles. The summed E-state index contributed by atoms with van der Waals surface area (Å²) in [6.45, 7) is 4.38. The Morgan fingerprint density at radius 3 is 2.58 bits per heavy atom. The molecule has 0 bridgehead atoms. The van der Waals surface area contributed by atoms with E-state index < -0.39 is 0 Å². The first kappa shape index (κ1) is 20.6. The highest BCUT2D eigenvalue weighted by Gasteiger charge is 2.13. The predicted molar refractivity (Wildman–Crippen MR) is 125 cm³/mol. The molecule has 0 radical (unpaired) electrons. The third kappa shape index (κ3) is 4.23. The van der Waals surface area contributed by atoms with Gasteiger partial charge in [0.25, 0.3) is 5.91 Å². The molecule has 33 heavy (non-hydrogen) atoms. The van der Waals surface area contributed by atoms with Gasteiger partial charge in [0.15, 0.2) is 5.58 Å². The van der Waals surface area contributed by atoms with Gasteiger partial charge in [0.05, 0.1) is 0 Å². The fourth-order valence-electron chi connectivity index (χ4n) is 3.51. The van der Waals surface area contributed by atoms with E-state index in [0.29, 0.717) is 29.0 Å². The number of fused-ring (bicyclic) bond motifs is 1. The summed E-state index contributed by atoms with van der Waals surface area (Å²) in [7, 11) is 0. The highest BCUT2D eigenvalue weighted by molar-refractivity contribution is 6.03. The van der Waals surface area contributed by atoms with Crippen molar-refractivity contribution in [3.8, 4) is 17.3 Å². The molecule has 5 aromatic rings. The number of nitrogens with zero attached hydrogens (tertiary/aromatic N) is 5. The molecule has 8 nitrogen and oxygen atoms in total. The number of pyridine rings is 1. The van der Waals surface area contributed by atoms with Gasteiger partial charge < -0.3 is 9.73 Å². The number of aromatic nitrogens is 5. The molecular weight excluding hydrogens is 416 g/mol. The van der Waals surface area contributed by atoms with E-state index in [-0.39, 0.29) is 5.91 Å². The van der Waals surface area contributed by atoms with Crippen LogP contribution in [-0.4, -0.2) is 30.6 Å². The fraction of sp³-hybridized carbons (Fsp3) is 0.160. The number of anilines is 1. The number of rotatable bonds is 6. The van der Waals surface area contributed by atoms with E-state index in [2.05, 4.69) is 51.5 Å². The third-order valence-electron chi connectivity index (χ3n) is 5.63. The highest BCUT2D eigenvalue weighted by Crippen LogP contribution is 2.28. The molecular formula is C25H22N6O2. The zero-order valence-electron chi connectivity index (χ0n) is 18.3. The lowest BCUT2D eigenvalue weighted by atomic mass is 9.98. The van der Waals surface area contributed by atoms with Crippen LogP contribution in [0.5, 0.6) is 0 Å². The maximum atomic E-state index is 12.7. The lowest BCUT2D eigenvalue weighted by molar-refractivity contribution is 0.102. The van der Waals surface area contributed by atoms with E-state index in [9.17, 15) is 4.79 Å². The summed E-state index contributed by atoms with van der Waals surface area (Å²) in [5.74, 6) is 1.28. The second kappa shape index (κ2) is 8.66. The Hall–Kier alpha value is -4.33. The second-order valence-corrected chi connectivity index (χ2v) is 7.84. The summed E-state index contributed by atoms with van der Waals surface area (Å²) in [6.07, 6.45) is 4.13. The van der Waals surface area contributed by atoms with Gasteiger partial charge in [-0.1, -0.05) is 26.0 Å². The first-order valence-electron chi connectivity index (χ1n) is 10.7. The quantitative estimate of drug-likeness (QED) is 0.389. The van der Waals surface area contributed by atoms with Gasteiger partial charge in [0.2, 0.25) is 5.89 Å². The van der Waals surface area contributed by atoms with Gasteiger partial charge in [0, 0.05) is 11.3 Å². The smallest absolute Gasteiger partial charge is 0.274 e. The molecule has 8 heteroatoms. The monoisotopic (exact) mass is 438 g/mol. The van der Waals surface area contributed by atoms with Crippen molar-refractivity contribution < 1.29 is 9.21 Å². The molecule has 164 valence electrons. The molecule has 1 unspecified atom stereocenters. The van der Waals surface area contributed by atoms with Crippen molar-refractivity contribution in [2.45, 2.75) is 26.2 Å². The normalized spacial score (nSPS) is 12.1. The van der Waals surface area contributed by atoms with E-state index >= 15 is 0 Å². The number of carbonyl (C=O) groups is 1. The van der Waals surface area contributed by atoms with E-state index in [1.165, 1.54) is 18.2 Å². The Kier molecular flexibility index (Phi) is 5.40. The molecule has 1 amide bonds. The van der Waals surface area contributed by atoms with Gasteiger partial charge in [-0.3, -0.25) is 9.36 Å². The van der Waals surface area contributed by atoms with Crippen LogP contribution in [0.3, 0.4) is 0 Å². The van der Waals surface area contributed by atoms with Gasteiger partial charge in [-0.05, 0) is 66.4 Å². The largest absolute Gasteiger partial charge is 0.436 e. The summed E-state index contributed by atoms with van der Waals surface area (Å²) in [4.78, 5) is 21.7. The zero-order chi connectivity index (χ0) is 22.8. The van der Waals surface area contributed by atoms with Crippen LogP contribution in [0, 0.1) is 0 Å². The van der Waals surface area contributed by atoms with Crippen molar-refractivity contribution in [1.82, 2.24) is 24.7 Å². The van der Waals surface area contributed by atoms with Crippen molar-refractivity contribution in [2.24, 2.45) is 0 Å². The Morgan fingerprint density at radius 1 is 1.03 bits per heavy atom. The first-order chi connectivity index (χ1) is 16.1. The van der Waals surface area contributed by atoms with Crippen LogP contribution in [0.4, 0.5) is 5.69 Å². The van der Waals surface area contributed by atoms with Gasteiger partial charge in [-0.15, -0.1) is 10.2 Å². The lowest BCUT2D eigenvalue weighted by Gasteiger charge is -2.07. The summed E-state index contributed by atoms with van der Waals surface area (Å²) < 4.78 is 7.58. The van der Waals surface area contributed by atoms with Crippen LogP contribution < -0.4 is 5.32 Å². The minimum absolute atomic E-state index is 0.293. The third-order valence-corrected chi connectivity index (χ3v) is 5.63. The highest BCUT2D eigenvalue weighted by atomic mass is 16.3. The van der Waals surface area contributed by atoms with E-state index in [1.807, 2.05) is 30.3 Å². The van der Waals surface area contributed by atoms with Gasteiger partial charge in [-0.2, -0.15) is 0 Å². The summed E-state index contributed by atoms with van der Waals surface area (Å²) >= 11 is 0. The number of oxazole rings is 1. The van der Waals surface area contributed by atoms with Crippen LogP contribution in [0.25, 0.3) is 28.4 Å². The lowest BCUT2D eigenvalue weighted by Crippen LogP contribution is -2.14. The molecule has 0 aliphatic rings. The average molecular weight is 438 g/mol. The SMILES string of the molecule is CCC(C)c1ccc2oc(-c3ccc(NC(=O)c4cccc(-n5cnnc5)n4)cc3)nc2c1. The number of benzene rings is 2. The van der Waals surface area contributed by atoms with Crippen molar-refractivity contribution >= 4 is 22.7 Å². The maximum Gasteiger partial charge on any atom is 0.274 e. The van der Waals surface area contributed by atoms with Crippen LogP contribution in [0.2, 0.25) is 0 Å². The molecule has 1 N–H and O–H groups in total. The van der Waals surface area contributed by atoms with Crippen LogP contribution in [0.1, 0.15) is 42.2 Å². The summed E-state index contributed by atoms with van der Waals surface area (Å²) in [5, 5.41) is 10.4. The molecule has 0 fully saturated rings. The molecule has 0 saturated carbocycles. The zero-order valence-corrected chi connectivity index (χ0v) is 18.3. The Morgan fingerprint density at radius 2 is 1.82 bits per heavy atom. The molecule has 0 aliphatic carbocycles. The first-order valence-corrected chi connectivity index (χ1v) is 10.7. The molecule has 0 aliphatic heterocycles. The minimum atomic E-state index is -0.308. The van der Waals surface area contributed by atoms with Crippen LogP contribution >= 0.6 is 0 Å². The molecule has 1 atom stereocenters. The van der Waals surface area contributed by atoms with Crippen LogP contribution in [0.15, 0.2) is 77.7 Å². The average Bonchev–Trinajstić information content (AvgIpc) is 3.54. The van der Waals surface area contributed by atoms with Gasteiger partial charge >= 0.3 is 0 Å². The van der Waals surface area contributed by atoms with E-state index in [4.69, 9.17) is 4.42 Å². The molecule has 0 saturated heterocycles. The summed E-state index contributed by atoms with van der Waals surface area (Å²) in [5.41, 5.74) is 4.64.